The predicted octanol–water partition coefficient (Wildman–Crippen LogP) is 2.59. The first kappa shape index (κ1) is 14.6. The predicted molar refractivity (Wildman–Crippen MR) is 77.8 cm³/mol. The molecule has 2 aromatic rings. The molecule has 4 heteroatoms. The van der Waals surface area contributed by atoms with E-state index >= 15 is 0 Å². The summed E-state index contributed by atoms with van der Waals surface area (Å²) in [6, 6.07) is 13.2. The molecule has 21 heavy (non-hydrogen) atoms. The first-order chi connectivity index (χ1) is 10.2. The summed E-state index contributed by atoms with van der Waals surface area (Å²) in [5, 5.41) is 8.99. The molecule has 0 aliphatic heterocycles. The molecule has 104 valence electrons. The summed E-state index contributed by atoms with van der Waals surface area (Å²) in [5.74, 6) is 5.88. The minimum Gasteiger partial charge on any atom is -0.489 e. The Bertz CT molecular complexity index is 738. The van der Waals surface area contributed by atoms with Crippen molar-refractivity contribution in [1.29, 1.82) is 5.26 Å². The molecule has 0 aliphatic carbocycles. The van der Waals surface area contributed by atoms with Crippen molar-refractivity contribution in [1.82, 2.24) is 0 Å². The van der Waals surface area contributed by atoms with E-state index in [0.29, 0.717) is 23.4 Å². The van der Waals surface area contributed by atoms with Gasteiger partial charge in [0, 0.05) is 11.1 Å². The van der Waals surface area contributed by atoms with Crippen LogP contribution in [-0.2, 0) is 6.61 Å². The zero-order valence-electron chi connectivity index (χ0n) is 11.3. The Kier molecular flexibility index (Phi) is 4.93. The maximum atomic E-state index is 13.2. The standard InChI is InChI=1S/C17H13FN2O/c18-16-7-6-14(11-20)15(10-16)12-21-17-5-1-3-13(9-17)4-2-8-19/h1,3,5-7,9-10H,8,12,19H2. The SMILES string of the molecule is N#Cc1ccc(F)cc1COc1cccc(C#CCN)c1. The van der Waals surface area contributed by atoms with Crippen LogP contribution in [0.5, 0.6) is 5.75 Å². The number of halogens is 1. The van der Waals surface area contributed by atoms with Crippen LogP contribution in [0.25, 0.3) is 0 Å². The van der Waals surface area contributed by atoms with Crippen LogP contribution in [0, 0.1) is 29.0 Å². The van der Waals surface area contributed by atoms with Gasteiger partial charge >= 0.3 is 0 Å². The van der Waals surface area contributed by atoms with E-state index in [0.717, 1.165) is 5.56 Å². The molecule has 0 atom stereocenters. The Morgan fingerprint density at radius 3 is 2.81 bits per heavy atom. The van der Waals surface area contributed by atoms with Gasteiger partial charge in [-0.15, -0.1) is 0 Å². The Morgan fingerprint density at radius 2 is 2.05 bits per heavy atom. The molecule has 0 saturated carbocycles. The topological polar surface area (TPSA) is 59.0 Å². The Morgan fingerprint density at radius 1 is 1.19 bits per heavy atom. The normalized spacial score (nSPS) is 9.38. The average Bonchev–Trinajstić information content (AvgIpc) is 2.51. The highest BCUT2D eigenvalue weighted by Gasteiger charge is 2.05. The number of nitrogens with two attached hydrogens (primary N) is 1. The fourth-order valence-corrected chi connectivity index (χ4v) is 1.77. The Hall–Kier alpha value is -2.82. The number of ether oxygens (including phenoxy) is 1. The zero-order chi connectivity index (χ0) is 15.1. The van der Waals surface area contributed by atoms with Crippen molar-refractivity contribution in [2.24, 2.45) is 5.73 Å². The quantitative estimate of drug-likeness (QED) is 0.879. The zero-order valence-corrected chi connectivity index (χ0v) is 11.3. The van der Waals surface area contributed by atoms with E-state index in [9.17, 15) is 4.39 Å². The van der Waals surface area contributed by atoms with Gasteiger partial charge in [0.1, 0.15) is 18.2 Å². The lowest BCUT2D eigenvalue weighted by atomic mass is 10.1. The maximum absolute atomic E-state index is 13.2. The van der Waals surface area contributed by atoms with Crippen LogP contribution in [-0.4, -0.2) is 6.54 Å². The van der Waals surface area contributed by atoms with Crippen molar-refractivity contribution in [2.75, 3.05) is 6.54 Å². The number of hydrogen-bond donors (Lipinski definition) is 1. The number of benzene rings is 2. The second-order valence-electron chi connectivity index (χ2n) is 4.24. The fraction of sp³-hybridized carbons (Fsp3) is 0.118. The molecular weight excluding hydrogens is 267 g/mol. The van der Waals surface area contributed by atoms with E-state index < -0.39 is 5.82 Å². The highest BCUT2D eigenvalue weighted by Crippen LogP contribution is 2.17. The van der Waals surface area contributed by atoms with Gasteiger partial charge in [0.2, 0.25) is 0 Å². The van der Waals surface area contributed by atoms with Gasteiger partial charge < -0.3 is 10.5 Å². The van der Waals surface area contributed by atoms with Crippen LogP contribution < -0.4 is 10.5 Å². The third-order valence-electron chi connectivity index (χ3n) is 2.75. The molecule has 0 spiro atoms. The van der Waals surface area contributed by atoms with Crippen LogP contribution in [0.1, 0.15) is 16.7 Å². The van der Waals surface area contributed by atoms with Gasteiger partial charge in [-0.1, -0.05) is 17.9 Å². The van der Waals surface area contributed by atoms with Crippen LogP contribution in [0.15, 0.2) is 42.5 Å². The molecule has 0 aromatic heterocycles. The monoisotopic (exact) mass is 280 g/mol. The molecule has 0 unspecified atom stereocenters. The van der Waals surface area contributed by atoms with Gasteiger partial charge in [-0.3, -0.25) is 0 Å². The van der Waals surface area contributed by atoms with Gasteiger partial charge in [-0.25, -0.2) is 4.39 Å². The van der Waals surface area contributed by atoms with Crippen LogP contribution in [0.2, 0.25) is 0 Å². The highest BCUT2D eigenvalue weighted by molar-refractivity contribution is 5.41. The Labute approximate surface area is 122 Å². The summed E-state index contributed by atoms with van der Waals surface area (Å²) in [5.41, 5.74) is 7.02. The lowest BCUT2D eigenvalue weighted by Crippen LogP contribution is -1.99. The third-order valence-corrected chi connectivity index (χ3v) is 2.75. The summed E-state index contributed by atoms with van der Waals surface area (Å²) in [4.78, 5) is 0. The molecule has 0 aliphatic rings. The van der Waals surface area contributed by atoms with Gasteiger partial charge in [0.05, 0.1) is 18.2 Å². The summed E-state index contributed by atoms with van der Waals surface area (Å²) >= 11 is 0. The third kappa shape index (κ3) is 4.07. The van der Waals surface area contributed by atoms with E-state index in [1.165, 1.54) is 18.2 Å². The van der Waals surface area contributed by atoms with Gasteiger partial charge in [0.15, 0.2) is 0 Å². The molecule has 0 saturated heterocycles. The van der Waals surface area contributed by atoms with Crippen molar-refractivity contribution in [3.05, 3.63) is 65.0 Å². The number of rotatable bonds is 3. The lowest BCUT2D eigenvalue weighted by molar-refractivity contribution is 0.305. The van der Waals surface area contributed by atoms with Crippen molar-refractivity contribution in [3.8, 4) is 23.7 Å². The second kappa shape index (κ2) is 7.09. The summed E-state index contributed by atoms with van der Waals surface area (Å²) < 4.78 is 18.8. The molecule has 3 nitrogen and oxygen atoms in total. The molecule has 0 heterocycles. The van der Waals surface area contributed by atoms with Crippen LogP contribution >= 0.6 is 0 Å². The molecular formula is C17H13FN2O. The molecule has 0 bridgehead atoms. The maximum Gasteiger partial charge on any atom is 0.123 e. The van der Waals surface area contributed by atoms with E-state index in [4.69, 9.17) is 15.7 Å². The summed E-state index contributed by atoms with van der Waals surface area (Å²) in [7, 11) is 0. The van der Waals surface area contributed by atoms with E-state index in [2.05, 4.69) is 11.8 Å². The molecule has 2 aromatic carbocycles. The average molecular weight is 280 g/mol. The molecule has 0 amide bonds. The van der Waals surface area contributed by atoms with Gasteiger partial charge in [-0.2, -0.15) is 5.26 Å². The minimum atomic E-state index is -0.393. The van der Waals surface area contributed by atoms with E-state index in [1.54, 1.807) is 12.1 Å². The Balaban J connectivity index is 2.13. The summed E-state index contributed by atoms with van der Waals surface area (Å²) in [6.45, 7) is 0.411. The smallest absolute Gasteiger partial charge is 0.123 e. The highest BCUT2D eigenvalue weighted by atomic mass is 19.1. The van der Waals surface area contributed by atoms with Crippen molar-refractivity contribution in [3.63, 3.8) is 0 Å². The van der Waals surface area contributed by atoms with Gasteiger partial charge in [0.25, 0.3) is 0 Å². The lowest BCUT2D eigenvalue weighted by Gasteiger charge is -2.08. The van der Waals surface area contributed by atoms with Gasteiger partial charge in [-0.05, 0) is 36.4 Å². The largest absolute Gasteiger partial charge is 0.489 e. The van der Waals surface area contributed by atoms with Crippen molar-refractivity contribution >= 4 is 0 Å². The molecule has 2 rings (SSSR count). The molecule has 0 radical (unpaired) electrons. The second-order valence-corrected chi connectivity index (χ2v) is 4.24. The number of nitriles is 1. The van der Waals surface area contributed by atoms with Crippen molar-refractivity contribution < 1.29 is 9.13 Å². The van der Waals surface area contributed by atoms with E-state index in [-0.39, 0.29) is 6.61 Å². The number of hydrogen-bond acceptors (Lipinski definition) is 3. The minimum absolute atomic E-state index is 0.119. The first-order valence-electron chi connectivity index (χ1n) is 6.33. The van der Waals surface area contributed by atoms with Crippen LogP contribution in [0.4, 0.5) is 4.39 Å². The first-order valence-corrected chi connectivity index (χ1v) is 6.33. The van der Waals surface area contributed by atoms with E-state index in [1.807, 2.05) is 18.2 Å². The fourth-order valence-electron chi connectivity index (χ4n) is 1.77. The summed E-state index contributed by atoms with van der Waals surface area (Å²) in [6.07, 6.45) is 0. The van der Waals surface area contributed by atoms with Crippen LogP contribution in [0.3, 0.4) is 0 Å². The number of nitrogens with zero attached hydrogens (tertiary/aromatic N) is 1. The molecule has 2 N–H and O–H groups in total. The van der Waals surface area contributed by atoms with Crippen molar-refractivity contribution in [2.45, 2.75) is 6.61 Å². The molecule has 0 fully saturated rings.